The van der Waals surface area contributed by atoms with Gasteiger partial charge in [-0.15, -0.1) is 0 Å². The molecule has 36 heavy (non-hydrogen) atoms. The first-order chi connectivity index (χ1) is 17.3. The topological polar surface area (TPSA) is 74.5 Å². The first-order valence-electron chi connectivity index (χ1n) is 13.7. The van der Waals surface area contributed by atoms with Gasteiger partial charge >= 0.3 is 5.97 Å². The first-order valence-corrected chi connectivity index (χ1v) is 13.7. The number of benzene rings is 1. The Hall–Kier alpha value is -2.63. The number of esters is 1. The normalized spacial score (nSPS) is 37.3. The number of fused-ring (bicyclic) bond motifs is 5. The molecule has 7 atom stereocenters. The van der Waals surface area contributed by atoms with Crippen LogP contribution in [0.2, 0.25) is 0 Å². The molecule has 1 aromatic heterocycles. The lowest BCUT2D eigenvalue weighted by Gasteiger charge is -2.57. The average Bonchev–Trinajstić information content (AvgIpc) is 3.48. The quantitative estimate of drug-likeness (QED) is 0.350. The van der Waals surface area contributed by atoms with Gasteiger partial charge in [0, 0.05) is 24.8 Å². The number of ether oxygens (including phenoxy) is 2. The van der Waals surface area contributed by atoms with E-state index in [2.05, 4.69) is 25.1 Å². The summed E-state index contributed by atoms with van der Waals surface area (Å²) >= 11 is 0. The molecule has 192 valence electrons. The molecule has 6 heteroatoms. The van der Waals surface area contributed by atoms with E-state index >= 15 is 0 Å². The lowest BCUT2D eigenvalue weighted by Crippen LogP contribution is -2.50. The third kappa shape index (κ3) is 3.71. The van der Waals surface area contributed by atoms with Crippen LogP contribution in [-0.4, -0.2) is 29.3 Å². The Morgan fingerprint density at radius 2 is 1.86 bits per heavy atom. The van der Waals surface area contributed by atoms with Gasteiger partial charge in [0.15, 0.2) is 0 Å². The summed E-state index contributed by atoms with van der Waals surface area (Å²) in [7, 11) is 1.67. The van der Waals surface area contributed by atoms with Crippen LogP contribution in [0.1, 0.15) is 83.9 Å². The van der Waals surface area contributed by atoms with Gasteiger partial charge < -0.3 is 14.0 Å². The van der Waals surface area contributed by atoms with E-state index in [1.165, 1.54) is 26.2 Å². The number of rotatable bonds is 4. The molecule has 0 radical (unpaired) electrons. The largest absolute Gasteiger partial charge is 0.497 e. The Bertz CT molecular complexity index is 1170. The molecule has 0 saturated heterocycles. The van der Waals surface area contributed by atoms with Crippen molar-refractivity contribution in [2.45, 2.75) is 84.2 Å². The number of methoxy groups -OCH3 is 1. The summed E-state index contributed by atoms with van der Waals surface area (Å²) in [5.41, 5.74) is 2.93. The SMILES string of the molecule is COc1ccc(-c2noc([C@H]3CC[C@H]4[C@@H]5CC=C6C[C@@H](OC(C)=O)CC[C@]6(C)[C@H]5CC[C@]34C)n2)cc1. The van der Waals surface area contributed by atoms with Gasteiger partial charge in [-0.3, -0.25) is 4.79 Å². The Labute approximate surface area is 213 Å². The molecule has 4 aliphatic carbocycles. The molecule has 3 saturated carbocycles. The molecule has 6 nitrogen and oxygen atoms in total. The van der Waals surface area contributed by atoms with E-state index in [0.29, 0.717) is 29.5 Å². The minimum Gasteiger partial charge on any atom is -0.497 e. The van der Waals surface area contributed by atoms with Gasteiger partial charge in [-0.25, -0.2) is 0 Å². The van der Waals surface area contributed by atoms with Crippen molar-refractivity contribution in [2.24, 2.45) is 28.6 Å². The third-order valence-electron chi connectivity index (χ3n) is 10.5. The molecule has 1 heterocycles. The minimum atomic E-state index is -0.153. The molecule has 0 N–H and O–H groups in total. The number of nitrogens with zero attached hydrogens (tertiary/aromatic N) is 2. The predicted octanol–water partition coefficient (Wildman–Crippen LogP) is 6.72. The maximum absolute atomic E-state index is 11.5. The van der Waals surface area contributed by atoms with Crippen LogP contribution < -0.4 is 4.74 Å². The van der Waals surface area contributed by atoms with Crippen LogP contribution in [0, 0.1) is 28.6 Å². The van der Waals surface area contributed by atoms with E-state index < -0.39 is 0 Å². The monoisotopic (exact) mass is 490 g/mol. The molecule has 6 rings (SSSR count). The van der Waals surface area contributed by atoms with Crippen molar-refractivity contribution in [3.8, 4) is 17.1 Å². The van der Waals surface area contributed by atoms with Crippen molar-refractivity contribution in [3.05, 3.63) is 41.8 Å². The number of aromatic nitrogens is 2. The lowest BCUT2D eigenvalue weighted by atomic mass is 9.47. The van der Waals surface area contributed by atoms with E-state index in [4.69, 9.17) is 19.0 Å². The smallest absolute Gasteiger partial charge is 0.302 e. The molecular weight excluding hydrogens is 452 g/mol. The van der Waals surface area contributed by atoms with E-state index in [0.717, 1.165) is 49.3 Å². The van der Waals surface area contributed by atoms with Crippen LogP contribution in [0.25, 0.3) is 11.4 Å². The number of carbonyl (C=O) groups is 1. The Morgan fingerprint density at radius 1 is 1.06 bits per heavy atom. The van der Waals surface area contributed by atoms with E-state index in [1.807, 2.05) is 24.3 Å². The van der Waals surface area contributed by atoms with E-state index in [1.54, 1.807) is 12.7 Å². The van der Waals surface area contributed by atoms with Crippen molar-refractivity contribution < 1.29 is 18.8 Å². The van der Waals surface area contributed by atoms with Gasteiger partial charge in [0.2, 0.25) is 11.7 Å². The fourth-order valence-corrected chi connectivity index (χ4v) is 8.60. The maximum Gasteiger partial charge on any atom is 0.302 e. The van der Waals surface area contributed by atoms with Crippen LogP contribution in [0.4, 0.5) is 0 Å². The van der Waals surface area contributed by atoms with Gasteiger partial charge in [0.1, 0.15) is 11.9 Å². The van der Waals surface area contributed by atoms with Gasteiger partial charge in [-0.1, -0.05) is 30.7 Å². The summed E-state index contributed by atoms with van der Waals surface area (Å²) < 4.78 is 16.8. The van der Waals surface area contributed by atoms with Crippen molar-refractivity contribution in [2.75, 3.05) is 7.11 Å². The molecular formula is C30H38N2O4. The van der Waals surface area contributed by atoms with Gasteiger partial charge in [0.05, 0.1) is 7.11 Å². The lowest BCUT2D eigenvalue weighted by molar-refractivity contribution is -0.148. The second kappa shape index (κ2) is 8.74. The maximum atomic E-state index is 11.5. The number of hydrogen-bond donors (Lipinski definition) is 0. The van der Waals surface area contributed by atoms with Crippen LogP contribution >= 0.6 is 0 Å². The number of allylic oxidation sites excluding steroid dienone is 1. The molecule has 0 unspecified atom stereocenters. The van der Waals surface area contributed by atoms with Gasteiger partial charge in [-0.2, -0.15) is 4.98 Å². The zero-order valence-corrected chi connectivity index (χ0v) is 22.0. The highest BCUT2D eigenvalue weighted by Crippen LogP contribution is 2.68. The first kappa shape index (κ1) is 23.7. The molecule has 2 aromatic rings. The molecule has 0 spiro atoms. The predicted molar refractivity (Wildman–Crippen MR) is 136 cm³/mol. The van der Waals surface area contributed by atoms with Crippen LogP contribution in [0.15, 0.2) is 40.4 Å². The van der Waals surface area contributed by atoms with Crippen LogP contribution in [0.5, 0.6) is 5.75 Å². The second-order valence-electron chi connectivity index (χ2n) is 12.1. The van der Waals surface area contributed by atoms with Gasteiger partial charge in [0.25, 0.3) is 0 Å². The average molecular weight is 491 g/mol. The number of carbonyl (C=O) groups excluding carboxylic acids is 1. The van der Waals surface area contributed by atoms with Crippen LogP contribution in [-0.2, 0) is 9.53 Å². The highest BCUT2D eigenvalue weighted by atomic mass is 16.5. The molecule has 0 aliphatic heterocycles. The summed E-state index contributed by atoms with van der Waals surface area (Å²) in [6.07, 6.45) is 11.6. The zero-order valence-electron chi connectivity index (χ0n) is 22.0. The van der Waals surface area contributed by atoms with Crippen molar-refractivity contribution in [1.82, 2.24) is 10.1 Å². The Morgan fingerprint density at radius 3 is 2.61 bits per heavy atom. The molecule has 1 aromatic carbocycles. The second-order valence-corrected chi connectivity index (χ2v) is 12.1. The summed E-state index contributed by atoms with van der Waals surface area (Å²) in [6.45, 7) is 6.51. The number of hydrogen-bond acceptors (Lipinski definition) is 6. The van der Waals surface area contributed by atoms with Gasteiger partial charge in [-0.05, 0) is 97.8 Å². The molecule has 0 bridgehead atoms. The highest BCUT2D eigenvalue weighted by molar-refractivity contribution is 5.66. The fourth-order valence-electron chi connectivity index (χ4n) is 8.60. The minimum absolute atomic E-state index is 0.0560. The zero-order chi connectivity index (χ0) is 25.1. The third-order valence-corrected chi connectivity index (χ3v) is 10.5. The molecule has 4 aliphatic rings. The summed E-state index contributed by atoms with van der Waals surface area (Å²) in [6, 6.07) is 7.84. The van der Waals surface area contributed by atoms with Crippen molar-refractivity contribution in [3.63, 3.8) is 0 Å². The Kier molecular flexibility index (Phi) is 5.77. The van der Waals surface area contributed by atoms with E-state index in [-0.39, 0.29) is 22.9 Å². The standard InChI is InChI=1S/C30H38N2O4/c1-18(33)35-22-13-15-29(2)20(17-22)7-10-23-24-11-12-26(30(24,3)16-14-25(23)29)28-31-27(32-36-28)19-5-8-21(34-4)9-6-19/h5-9,22-26H,10-17H2,1-4H3/t22-,23-,24-,25-,26+,29-,30-/m0/s1. The van der Waals surface area contributed by atoms with Crippen LogP contribution in [0.3, 0.4) is 0 Å². The van der Waals surface area contributed by atoms with Crippen molar-refractivity contribution >= 4 is 5.97 Å². The van der Waals surface area contributed by atoms with Crippen molar-refractivity contribution in [1.29, 1.82) is 0 Å². The highest BCUT2D eigenvalue weighted by Gasteiger charge is 2.60. The molecule has 3 fully saturated rings. The summed E-state index contributed by atoms with van der Waals surface area (Å²) in [5.74, 6) is 4.56. The summed E-state index contributed by atoms with van der Waals surface area (Å²) in [5, 5.41) is 4.36. The summed E-state index contributed by atoms with van der Waals surface area (Å²) in [4.78, 5) is 16.4. The van der Waals surface area contributed by atoms with E-state index in [9.17, 15) is 4.79 Å². The molecule has 0 amide bonds. The fraction of sp³-hybridized carbons (Fsp3) is 0.633. The Balaban J connectivity index is 1.22.